The van der Waals surface area contributed by atoms with Gasteiger partial charge in [-0.05, 0) is 17.2 Å². The minimum absolute atomic E-state index is 0.115. The number of esters is 1. The quantitative estimate of drug-likeness (QED) is 0.526. The number of fused-ring (bicyclic) bond motifs is 4. The van der Waals surface area contributed by atoms with Gasteiger partial charge in [0.2, 0.25) is 5.91 Å². The van der Waals surface area contributed by atoms with Crippen LogP contribution in [-0.4, -0.2) is 54.3 Å². The Kier molecular flexibility index (Phi) is 5.15. The van der Waals surface area contributed by atoms with Crippen LogP contribution in [0.25, 0.3) is 0 Å². The Balaban J connectivity index is 1.33. The SMILES string of the molecule is CC1(C)C2=C3C(F)=CC(=O)OC3CCN2c2ccc(CC(=O)NCCN3C(=O)C=CC3=O)cc21. The Morgan fingerprint density at radius 2 is 1.94 bits per heavy atom. The molecule has 0 aliphatic carbocycles. The first-order valence-electron chi connectivity index (χ1n) is 11.2. The number of anilines is 1. The van der Waals surface area contributed by atoms with Crippen LogP contribution in [0, 0.1) is 0 Å². The fourth-order valence-corrected chi connectivity index (χ4v) is 5.22. The van der Waals surface area contributed by atoms with Crippen molar-refractivity contribution in [3.05, 3.63) is 64.7 Å². The van der Waals surface area contributed by atoms with Gasteiger partial charge in [0.05, 0.1) is 12.5 Å². The molecule has 0 aromatic heterocycles. The summed E-state index contributed by atoms with van der Waals surface area (Å²) in [5.41, 5.74) is 3.39. The summed E-state index contributed by atoms with van der Waals surface area (Å²) >= 11 is 0. The van der Waals surface area contributed by atoms with Gasteiger partial charge in [0.25, 0.3) is 11.8 Å². The first-order chi connectivity index (χ1) is 16.2. The summed E-state index contributed by atoms with van der Waals surface area (Å²) in [7, 11) is 0. The minimum Gasteiger partial charge on any atom is -0.454 e. The van der Waals surface area contributed by atoms with Crippen LogP contribution in [0.2, 0.25) is 0 Å². The highest BCUT2D eigenvalue weighted by Crippen LogP contribution is 2.53. The molecule has 0 spiro atoms. The number of nitrogens with one attached hydrogen (secondary N) is 1. The molecule has 1 unspecified atom stereocenters. The lowest BCUT2D eigenvalue weighted by molar-refractivity contribution is -0.143. The number of amides is 3. The average molecular weight is 465 g/mol. The Morgan fingerprint density at radius 3 is 2.68 bits per heavy atom. The molecule has 4 aliphatic rings. The number of imide groups is 1. The van der Waals surface area contributed by atoms with Gasteiger partial charge in [-0.3, -0.25) is 19.3 Å². The van der Waals surface area contributed by atoms with Gasteiger partial charge in [0.15, 0.2) is 0 Å². The summed E-state index contributed by atoms with van der Waals surface area (Å²) < 4.78 is 20.3. The van der Waals surface area contributed by atoms with E-state index in [0.29, 0.717) is 18.5 Å². The number of benzene rings is 1. The summed E-state index contributed by atoms with van der Waals surface area (Å²) in [6, 6.07) is 5.78. The van der Waals surface area contributed by atoms with E-state index in [9.17, 15) is 23.6 Å². The maximum atomic E-state index is 14.9. The van der Waals surface area contributed by atoms with Crippen molar-refractivity contribution in [1.82, 2.24) is 10.2 Å². The zero-order valence-corrected chi connectivity index (χ0v) is 18.9. The monoisotopic (exact) mass is 465 g/mol. The third-order valence-corrected chi connectivity index (χ3v) is 6.76. The van der Waals surface area contributed by atoms with E-state index in [2.05, 4.69) is 10.2 Å². The van der Waals surface area contributed by atoms with E-state index in [1.54, 1.807) is 0 Å². The molecule has 8 nitrogen and oxygen atoms in total. The van der Waals surface area contributed by atoms with Crippen molar-refractivity contribution in [2.45, 2.75) is 38.2 Å². The number of hydrogen-bond donors (Lipinski definition) is 1. The highest BCUT2D eigenvalue weighted by Gasteiger charge is 2.48. The number of nitrogens with zero attached hydrogens (tertiary/aromatic N) is 2. The zero-order chi connectivity index (χ0) is 24.2. The molecule has 4 aliphatic heterocycles. The van der Waals surface area contributed by atoms with Crippen molar-refractivity contribution in [2.24, 2.45) is 0 Å². The number of carbonyl (C=O) groups excluding carboxylic acids is 4. The smallest absolute Gasteiger partial charge is 0.334 e. The van der Waals surface area contributed by atoms with E-state index >= 15 is 0 Å². The Labute approximate surface area is 195 Å². The topological polar surface area (TPSA) is 96.0 Å². The maximum absolute atomic E-state index is 14.9. The molecule has 1 atom stereocenters. The molecule has 3 amide bonds. The molecule has 5 rings (SSSR count). The molecule has 0 saturated carbocycles. The van der Waals surface area contributed by atoms with E-state index in [1.165, 1.54) is 12.2 Å². The predicted octanol–water partition coefficient (Wildman–Crippen LogP) is 1.80. The second kappa shape index (κ2) is 7.93. The molecule has 0 saturated heterocycles. The summed E-state index contributed by atoms with van der Waals surface area (Å²) in [4.78, 5) is 50.5. The Hall–Kier alpha value is -3.75. The third-order valence-electron chi connectivity index (χ3n) is 6.76. The van der Waals surface area contributed by atoms with Crippen LogP contribution in [0.3, 0.4) is 0 Å². The van der Waals surface area contributed by atoms with Gasteiger partial charge < -0.3 is 15.0 Å². The first-order valence-corrected chi connectivity index (χ1v) is 11.2. The largest absolute Gasteiger partial charge is 0.454 e. The van der Waals surface area contributed by atoms with Crippen molar-refractivity contribution >= 4 is 29.4 Å². The fourth-order valence-electron chi connectivity index (χ4n) is 5.22. The summed E-state index contributed by atoms with van der Waals surface area (Å²) in [6.07, 6.45) is 3.36. The molecule has 1 aromatic carbocycles. The van der Waals surface area contributed by atoms with E-state index in [1.807, 2.05) is 32.0 Å². The molecule has 1 N–H and O–H groups in total. The molecular weight excluding hydrogens is 441 g/mol. The molecule has 1 aromatic rings. The number of halogens is 1. The van der Waals surface area contributed by atoms with Gasteiger partial charge >= 0.3 is 5.97 Å². The lowest BCUT2D eigenvalue weighted by Gasteiger charge is -2.38. The summed E-state index contributed by atoms with van der Waals surface area (Å²) in [5, 5.41) is 2.75. The van der Waals surface area contributed by atoms with Crippen LogP contribution in [0.1, 0.15) is 31.4 Å². The first kappa shape index (κ1) is 22.1. The number of hydrogen-bond acceptors (Lipinski definition) is 6. The van der Waals surface area contributed by atoms with Crippen LogP contribution in [0.15, 0.2) is 53.5 Å². The molecule has 9 heteroatoms. The van der Waals surface area contributed by atoms with Crippen molar-refractivity contribution < 1.29 is 28.3 Å². The summed E-state index contributed by atoms with van der Waals surface area (Å²) in [5.74, 6) is -2.19. The van der Waals surface area contributed by atoms with Crippen LogP contribution in [0.4, 0.5) is 10.1 Å². The number of carbonyl (C=O) groups is 4. The van der Waals surface area contributed by atoms with Gasteiger partial charge in [-0.15, -0.1) is 0 Å². The predicted molar refractivity (Wildman–Crippen MR) is 120 cm³/mol. The molecule has 176 valence electrons. The standard InChI is InChI=1S/C25H24FN3O5/c1-25(2)15-11-14(12-19(30)27-8-10-29-20(31)5-6-21(29)32)3-4-17(15)28-9-7-18-23(24(25)28)16(26)13-22(33)34-18/h3-6,11,13,18H,7-10,12H2,1-2H3,(H,27,30). The molecule has 34 heavy (non-hydrogen) atoms. The summed E-state index contributed by atoms with van der Waals surface area (Å²) in [6.45, 7) is 4.89. The Bertz CT molecular complexity index is 1210. The molecule has 0 radical (unpaired) electrons. The lowest BCUT2D eigenvalue weighted by atomic mass is 9.79. The van der Waals surface area contributed by atoms with Gasteiger partial charge in [0, 0.05) is 60.6 Å². The second-order valence-corrected chi connectivity index (χ2v) is 9.29. The zero-order valence-electron chi connectivity index (χ0n) is 18.9. The number of ether oxygens (including phenoxy) is 1. The molecule has 4 heterocycles. The van der Waals surface area contributed by atoms with Crippen LogP contribution < -0.4 is 10.2 Å². The molecular formula is C25H24FN3O5. The van der Waals surface area contributed by atoms with Crippen LogP contribution in [0.5, 0.6) is 0 Å². The van der Waals surface area contributed by atoms with E-state index < -0.39 is 23.3 Å². The molecule has 0 fully saturated rings. The minimum atomic E-state index is -0.656. The van der Waals surface area contributed by atoms with E-state index in [0.717, 1.165) is 33.5 Å². The normalized spacial score (nSPS) is 22.4. The highest BCUT2D eigenvalue weighted by atomic mass is 19.1. The van der Waals surface area contributed by atoms with Crippen molar-refractivity contribution in [1.29, 1.82) is 0 Å². The molecule has 0 bridgehead atoms. The van der Waals surface area contributed by atoms with Crippen molar-refractivity contribution in [3.8, 4) is 0 Å². The van der Waals surface area contributed by atoms with Crippen LogP contribution >= 0.6 is 0 Å². The average Bonchev–Trinajstić information content (AvgIpc) is 3.21. The van der Waals surface area contributed by atoms with E-state index in [4.69, 9.17) is 4.74 Å². The van der Waals surface area contributed by atoms with Gasteiger partial charge in [0.1, 0.15) is 11.9 Å². The maximum Gasteiger partial charge on any atom is 0.334 e. The van der Waals surface area contributed by atoms with Crippen LogP contribution in [-0.2, 0) is 35.8 Å². The number of allylic oxidation sites excluding steroid dienone is 1. The van der Waals surface area contributed by atoms with Crippen molar-refractivity contribution in [3.63, 3.8) is 0 Å². The van der Waals surface area contributed by atoms with Gasteiger partial charge in [-0.25, -0.2) is 9.18 Å². The lowest BCUT2D eigenvalue weighted by Crippen LogP contribution is -2.41. The van der Waals surface area contributed by atoms with E-state index in [-0.39, 0.29) is 37.2 Å². The fraction of sp³-hybridized carbons (Fsp3) is 0.360. The van der Waals surface area contributed by atoms with Gasteiger partial charge in [-0.1, -0.05) is 26.0 Å². The Morgan fingerprint density at radius 1 is 1.21 bits per heavy atom. The third kappa shape index (κ3) is 3.52. The van der Waals surface area contributed by atoms with Crippen molar-refractivity contribution in [2.75, 3.05) is 24.5 Å². The second-order valence-electron chi connectivity index (χ2n) is 9.29. The van der Waals surface area contributed by atoms with Gasteiger partial charge in [-0.2, -0.15) is 0 Å². The number of rotatable bonds is 5. The highest BCUT2D eigenvalue weighted by molar-refractivity contribution is 6.12.